The van der Waals surface area contributed by atoms with Gasteiger partial charge in [-0.05, 0) is 38.2 Å². The van der Waals surface area contributed by atoms with Crippen LogP contribution in [0, 0.1) is 0 Å². The minimum atomic E-state index is -0.233. The number of fused-ring (bicyclic) bond motifs is 1. The molecule has 22 heavy (non-hydrogen) atoms. The molecule has 0 spiro atoms. The average Bonchev–Trinajstić information content (AvgIpc) is 2.97. The van der Waals surface area contributed by atoms with Crippen LogP contribution in [0.2, 0.25) is 0 Å². The smallest absolute Gasteiger partial charge is 0.215 e. The van der Waals surface area contributed by atoms with E-state index in [1.807, 2.05) is 79.7 Å². The van der Waals surface area contributed by atoms with E-state index in [9.17, 15) is 4.79 Å². The molecule has 112 valence electrons. The van der Waals surface area contributed by atoms with Gasteiger partial charge in [-0.25, -0.2) is 0 Å². The van der Waals surface area contributed by atoms with Gasteiger partial charge in [-0.2, -0.15) is 0 Å². The van der Waals surface area contributed by atoms with Gasteiger partial charge >= 0.3 is 0 Å². The van der Waals surface area contributed by atoms with Gasteiger partial charge in [0.05, 0.1) is 6.04 Å². The van der Waals surface area contributed by atoms with Crippen LogP contribution in [0.1, 0.15) is 16.1 Å². The number of hydrogen-bond donors (Lipinski definition) is 0. The molecule has 1 atom stereocenters. The molecule has 0 aliphatic carbocycles. The van der Waals surface area contributed by atoms with Crippen molar-refractivity contribution < 1.29 is 9.21 Å². The summed E-state index contributed by atoms with van der Waals surface area (Å²) in [6.07, 6.45) is 0.670. The standard InChI is InChI=1S/C19H19NO2/c1-20(2)16(12-14-8-4-3-5-9-14)19(21)18-13-15-10-6-7-11-17(15)22-18/h3-11,13,16H,12H2,1-2H3/t16-/m1/s1. The summed E-state index contributed by atoms with van der Waals surface area (Å²) in [5.74, 6) is 0.445. The van der Waals surface area contributed by atoms with Crippen LogP contribution < -0.4 is 0 Å². The SMILES string of the molecule is CN(C)[C@H](Cc1ccccc1)C(=O)c1cc2ccccc2o1. The predicted molar refractivity (Wildman–Crippen MR) is 88.2 cm³/mol. The highest BCUT2D eigenvalue weighted by atomic mass is 16.3. The summed E-state index contributed by atoms with van der Waals surface area (Å²) in [5.41, 5.74) is 1.90. The van der Waals surface area contributed by atoms with E-state index >= 15 is 0 Å². The van der Waals surface area contributed by atoms with E-state index in [-0.39, 0.29) is 11.8 Å². The Labute approximate surface area is 130 Å². The van der Waals surface area contributed by atoms with Gasteiger partial charge < -0.3 is 4.42 Å². The fourth-order valence-corrected chi connectivity index (χ4v) is 2.61. The lowest BCUT2D eigenvalue weighted by Gasteiger charge is -2.22. The number of carbonyl (C=O) groups is 1. The summed E-state index contributed by atoms with van der Waals surface area (Å²) in [6.45, 7) is 0. The molecule has 0 fully saturated rings. The normalized spacial score (nSPS) is 12.7. The Morgan fingerprint density at radius 2 is 1.73 bits per heavy atom. The Bertz CT molecular complexity index is 741. The summed E-state index contributed by atoms with van der Waals surface area (Å²) < 4.78 is 5.72. The van der Waals surface area contributed by atoms with Crippen LogP contribution in [-0.4, -0.2) is 30.8 Å². The summed E-state index contributed by atoms with van der Waals surface area (Å²) in [5, 5.41) is 0.961. The lowest BCUT2D eigenvalue weighted by atomic mass is 10.00. The van der Waals surface area contributed by atoms with Crippen LogP contribution in [-0.2, 0) is 6.42 Å². The number of para-hydroxylation sites is 1. The zero-order valence-electron chi connectivity index (χ0n) is 12.8. The van der Waals surface area contributed by atoms with Crippen molar-refractivity contribution in [2.45, 2.75) is 12.5 Å². The van der Waals surface area contributed by atoms with Gasteiger partial charge in [0.2, 0.25) is 5.78 Å². The monoisotopic (exact) mass is 293 g/mol. The summed E-state index contributed by atoms with van der Waals surface area (Å²) in [7, 11) is 3.85. The van der Waals surface area contributed by atoms with Crippen LogP contribution in [0.5, 0.6) is 0 Å². The maximum Gasteiger partial charge on any atom is 0.215 e. The Morgan fingerprint density at radius 3 is 2.41 bits per heavy atom. The molecule has 3 aromatic rings. The van der Waals surface area contributed by atoms with E-state index < -0.39 is 0 Å². The van der Waals surface area contributed by atoms with Crippen molar-refractivity contribution >= 4 is 16.8 Å². The van der Waals surface area contributed by atoms with Gasteiger partial charge in [-0.3, -0.25) is 9.69 Å². The number of ketones is 1. The Hall–Kier alpha value is -2.39. The molecule has 3 rings (SSSR count). The van der Waals surface area contributed by atoms with E-state index in [4.69, 9.17) is 4.42 Å². The first-order chi connectivity index (χ1) is 10.6. The van der Waals surface area contributed by atoms with Gasteiger partial charge in [-0.1, -0.05) is 48.5 Å². The maximum absolute atomic E-state index is 12.8. The van der Waals surface area contributed by atoms with Crippen LogP contribution >= 0.6 is 0 Å². The summed E-state index contributed by atoms with van der Waals surface area (Å²) in [6, 6.07) is 19.3. The van der Waals surface area contributed by atoms with Crippen molar-refractivity contribution in [2.24, 2.45) is 0 Å². The number of hydrogen-bond acceptors (Lipinski definition) is 3. The predicted octanol–water partition coefficient (Wildman–Crippen LogP) is 3.79. The third kappa shape index (κ3) is 2.95. The first-order valence-corrected chi connectivity index (χ1v) is 7.38. The first-order valence-electron chi connectivity index (χ1n) is 7.38. The minimum Gasteiger partial charge on any atom is -0.453 e. The topological polar surface area (TPSA) is 33.5 Å². The third-order valence-corrected chi connectivity index (χ3v) is 3.87. The molecular weight excluding hydrogens is 274 g/mol. The van der Waals surface area contributed by atoms with Gasteiger partial charge in [0.1, 0.15) is 5.58 Å². The van der Waals surface area contributed by atoms with E-state index in [0.717, 1.165) is 16.5 Å². The van der Waals surface area contributed by atoms with E-state index in [1.165, 1.54) is 0 Å². The van der Waals surface area contributed by atoms with Crippen LogP contribution in [0.15, 0.2) is 65.1 Å². The summed E-state index contributed by atoms with van der Waals surface area (Å²) in [4.78, 5) is 14.8. The zero-order valence-corrected chi connectivity index (χ0v) is 12.8. The van der Waals surface area contributed by atoms with E-state index in [0.29, 0.717) is 12.2 Å². The number of rotatable bonds is 5. The fourth-order valence-electron chi connectivity index (χ4n) is 2.61. The highest BCUT2D eigenvalue weighted by molar-refractivity contribution is 6.01. The second-order valence-electron chi connectivity index (χ2n) is 5.68. The molecule has 0 saturated heterocycles. The van der Waals surface area contributed by atoms with E-state index in [2.05, 4.69) is 0 Å². The van der Waals surface area contributed by atoms with Crippen LogP contribution in [0.3, 0.4) is 0 Å². The highest BCUT2D eigenvalue weighted by Gasteiger charge is 2.25. The molecule has 0 aliphatic rings. The molecule has 3 nitrogen and oxygen atoms in total. The van der Waals surface area contributed by atoms with Crippen molar-refractivity contribution in [3.05, 3.63) is 72.0 Å². The van der Waals surface area contributed by atoms with Crippen molar-refractivity contribution in [1.82, 2.24) is 4.90 Å². The molecule has 0 unspecified atom stereocenters. The largest absolute Gasteiger partial charge is 0.453 e. The number of likely N-dealkylation sites (N-methyl/N-ethyl adjacent to an activating group) is 1. The maximum atomic E-state index is 12.8. The number of nitrogens with zero attached hydrogens (tertiary/aromatic N) is 1. The molecular formula is C19H19NO2. The lowest BCUT2D eigenvalue weighted by molar-refractivity contribution is 0.0848. The van der Waals surface area contributed by atoms with E-state index in [1.54, 1.807) is 0 Å². The second kappa shape index (κ2) is 6.16. The number of furan rings is 1. The van der Waals surface area contributed by atoms with Crippen LogP contribution in [0.4, 0.5) is 0 Å². The van der Waals surface area contributed by atoms with Crippen LogP contribution in [0.25, 0.3) is 11.0 Å². The molecule has 3 heteroatoms. The minimum absolute atomic E-state index is 0.0186. The molecule has 0 bridgehead atoms. The van der Waals surface area contributed by atoms with Crippen molar-refractivity contribution in [2.75, 3.05) is 14.1 Å². The molecule has 1 aromatic heterocycles. The highest BCUT2D eigenvalue weighted by Crippen LogP contribution is 2.21. The van der Waals surface area contributed by atoms with Gasteiger partial charge in [0.25, 0.3) is 0 Å². The van der Waals surface area contributed by atoms with Crippen molar-refractivity contribution in [1.29, 1.82) is 0 Å². The Balaban J connectivity index is 1.89. The molecule has 0 saturated carbocycles. The zero-order chi connectivity index (χ0) is 15.5. The summed E-state index contributed by atoms with van der Waals surface area (Å²) >= 11 is 0. The Kier molecular flexibility index (Phi) is 4.07. The third-order valence-electron chi connectivity index (χ3n) is 3.87. The first kappa shape index (κ1) is 14.5. The quantitative estimate of drug-likeness (QED) is 0.671. The van der Waals surface area contributed by atoms with Crippen molar-refractivity contribution in [3.8, 4) is 0 Å². The number of benzene rings is 2. The van der Waals surface area contributed by atoms with Crippen molar-refractivity contribution in [3.63, 3.8) is 0 Å². The average molecular weight is 293 g/mol. The molecule has 0 amide bonds. The Morgan fingerprint density at radius 1 is 1.05 bits per heavy atom. The molecule has 0 N–H and O–H groups in total. The number of carbonyl (C=O) groups excluding carboxylic acids is 1. The van der Waals surface area contributed by atoms with Gasteiger partial charge in [0, 0.05) is 5.39 Å². The van der Waals surface area contributed by atoms with Gasteiger partial charge in [0.15, 0.2) is 5.76 Å². The molecule has 0 aliphatic heterocycles. The molecule has 2 aromatic carbocycles. The molecule has 1 heterocycles. The van der Waals surface area contributed by atoms with Gasteiger partial charge in [-0.15, -0.1) is 0 Å². The molecule has 0 radical (unpaired) electrons. The fraction of sp³-hybridized carbons (Fsp3) is 0.211. The second-order valence-corrected chi connectivity index (χ2v) is 5.68. The lowest BCUT2D eigenvalue weighted by Crippen LogP contribution is -2.37. The number of Topliss-reactive ketones (excluding diaryl/α,β-unsaturated/α-hetero) is 1.